The average Bonchev–Trinajstić information content (AvgIpc) is 2.62. The third-order valence-electron chi connectivity index (χ3n) is 3.57. The van der Waals surface area contributed by atoms with E-state index in [0.717, 1.165) is 28.3 Å². The van der Waals surface area contributed by atoms with E-state index in [1.807, 2.05) is 78.9 Å². The number of hydrogen-bond acceptors (Lipinski definition) is 3. The molecule has 116 valence electrons. The van der Waals surface area contributed by atoms with Gasteiger partial charge in [-0.25, -0.2) is 0 Å². The molecule has 0 heterocycles. The number of aliphatic hydroxyl groups is 1. The summed E-state index contributed by atoms with van der Waals surface area (Å²) in [7, 11) is 0. The van der Waals surface area contributed by atoms with Gasteiger partial charge in [-0.05, 0) is 35.9 Å². The van der Waals surface area contributed by atoms with Gasteiger partial charge in [0.05, 0.1) is 6.61 Å². The van der Waals surface area contributed by atoms with Crippen LogP contribution in [0.25, 0.3) is 0 Å². The van der Waals surface area contributed by atoms with Crippen molar-refractivity contribution in [3.63, 3.8) is 0 Å². The van der Waals surface area contributed by atoms with E-state index in [0.29, 0.717) is 6.61 Å². The van der Waals surface area contributed by atoms with Crippen LogP contribution in [0.3, 0.4) is 0 Å². The zero-order chi connectivity index (χ0) is 15.9. The minimum atomic E-state index is 0.0153. The van der Waals surface area contributed by atoms with Crippen LogP contribution in [0.4, 0.5) is 11.4 Å². The van der Waals surface area contributed by atoms with Crippen molar-refractivity contribution in [2.24, 2.45) is 0 Å². The summed E-state index contributed by atoms with van der Waals surface area (Å²) in [5.41, 5.74) is 3.88. The number of benzene rings is 3. The molecule has 3 aromatic carbocycles. The van der Waals surface area contributed by atoms with Gasteiger partial charge >= 0.3 is 0 Å². The van der Waals surface area contributed by atoms with E-state index in [-0.39, 0.29) is 6.61 Å². The van der Waals surface area contributed by atoms with Crippen molar-refractivity contribution in [2.45, 2.75) is 13.2 Å². The lowest BCUT2D eigenvalue weighted by Crippen LogP contribution is -1.97. The molecule has 2 N–H and O–H groups in total. The summed E-state index contributed by atoms with van der Waals surface area (Å²) >= 11 is 0. The summed E-state index contributed by atoms with van der Waals surface area (Å²) in [6.45, 7) is 0.572. The molecule has 0 amide bonds. The highest BCUT2D eigenvalue weighted by Crippen LogP contribution is 2.23. The molecule has 0 aliphatic heterocycles. The summed E-state index contributed by atoms with van der Waals surface area (Å²) in [6, 6.07) is 25.6. The van der Waals surface area contributed by atoms with Crippen LogP contribution < -0.4 is 10.1 Å². The molecule has 0 saturated carbocycles. The van der Waals surface area contributed by atoms with E-state index in [1.165, 1.54) is 0 Å². The monoisotopic (exact) mass is 305 g/mol. The Morgan fingerprint density at radius 2 is 1.48 bits per heavy atom. The van der Waals surface area contributed by atoms with Crippen molar-refractivity contribution in [1.29, 1.82) is 0 Å². The lowest BCUT2D eigenvalue weighted by Gasteiger charge is -2.11. The number of para-hydroxylation sites is 1. The maximum Gasteiger partial charge on any atom is 0.119 e. The molecule has 0 radical (unpaired) electrons. The number of hydrogen-bond donors (Lipinski definition) is 2. The Hall–Kier alpha value is -2.78. The van der Waals surface area contributed by atoms with Gasteiger partial charge < -0.3 is 15.2 Å². The Bertz CT molecular complexity index is 739. The Balaban J connectivity index is 1.63. The molecule has 3 rings (SSSR count). The Kier molecular flexibility index (Phi) is 4.92. The molecule has 0 bridgehead atoms. The second-order valence-corrected chi connectivity index (χ2v) is 5.24. The van der Waals surface area contributed by atoms with Gasteiger partial charge in [-0.2, -0.15) is 0 Å². The number of anilines is 2. The lowest BCUT2D eigenvalue weighted by atomic mass is 10.2. The van der Waals surface area contributed by atoms with Gasteiger partial charge in [-0.15, -0.1) is 0 Å². The molecule has 0 fully saturated rings. The Labute approximate surface area is 136 Å². The van der Waals surface area contributed by atoms with Crippen LogP contribution in [0, 0.1) is 0 Å². The second kappa shape index (κ2) is 7.47. The van der Waals surface area contributed by atoms with E-state index >= 15 is 0 Å². The van der Waals surface area contributed by atoms with Crippen LogP contribution in [0.5, 0.6) is 5.75 Å². The second-order valence-electron chi connectivity index (χ2n) is 5.24. The van der Waals surface area contributed by atoms with Gasteiger partial charge in [0.1, 0.15) is 12.4 Å². The zero-order valence-corrected chi connectivity index (χ0v) is 12.8. The van der Waals surface area contributed by atoms with Crippen LogP contribution >= 0.6 is 0 Å². The van der Waals surface area contributed by atoms with Crippen molar-refractivity contribution in [2.75, 3.05) is 5.32 Å². The fourth-order valence-corrected chi connectivity index (χ4v) is 2.31. The van der Waals surface area contributed by atoms with Crippen molar-refractivity contribution < 1.29 is 9.84 Å². The molecule has 0 aromatic heterocycles. The molecule has 3 heteroatoms. The average molecular weight is 305 g/mol. The number of nitrogens with one attached hydrogen (secondary N) is 1. The quantitative estimate of drug-likeness (QED) is 0.704. The fraction of sp³-hybridized carbons (Fsp3) is 0.100. The van der Waals surface area contributed by atoms with Crippen molar-refractivity contribution >= 4 is 11.4 Å². The normalized spacial score (nSPS) is 10.3. The van der Waals surface area contributed by atoms with Crippen molar-refractivity contribution in [3.05, 3.63) is 90.0 Å². The molecule has 0 unspecified atom stereocenters. The van der Waals surface area contributed by atoms with Crippen LogP contribution in [0.1, 0.15) is 11.1 Å². The first-order chi connectivity index (χ1) is 11.3. The summed E-state index contributed by atoms with van der Waals surface area (Å²) in [5, 5.41) is 12.7. The molecule has 0 atom stereocenters. The van der Waals surface area contributed by atoms with Crippen LogP contribution in [-0.4, -0.2) is 5.11 Å². The van der Waals surface area contributed by atoms with Gasteiger partial charge in [0.2, 0.25) is 0 Å². The predicted molar refractivity (Wildman–Crippen MR) is 92.9 cm³/mol. The molecule has 0 aliphatic carbocycles. The SMILES string of the molecule is OCc1ccccc1Nc1ccc(OCc2ccccc2)cc1. The zero-order valence-electron chi connectivity index (χ0n) is 12.8. The summed E-state index contributed by atoms with van der Waals surface area (Å²) in [4.78, 5) is 0. The van der Waals surface area contributed by atoms with Gasteiger partial charge in [0, 0.05) is 16.9 Å². The molecular formula is C20H19NO2. The third-order valence-corrected chi connectivity index (χ3v) is 3.57. The fourth-order valence-electron chi connectivity index (χ4n) is 2.31. The van der Waals surface area contributed by atoms with Crippen molar-refractivity contribution in [3.8, 4) is 5.75 Å². The van der Waals surface area contributed by atoms with Gasteiger partial charge in [0.15, 0.2) is 0 Å². The Morgan fingerprint density at radius 3 is 2.22 bits per heavy atom. The first-order valence-electron chi connectivity index (χ1n) is 7.58. The first-order valence-corrected chi connectivity index (χ1v) is 7.58. The number of ether oxygens (including phenoxy) is 1. The van der Waals surface area contributed by atoms with E-state index in [1.54, 1.807) is 0 Å². The van der Waals surface area contributed by atoms with Gasteiger partial charge in [-0.3, -0.25) is 0 Å². The van der Waals surface area contributed by atoms with Gasteiger partial charge in [0.25, 0.3) is 0 Å². The summed E-state index contributed by atoms with van der Waals surface area (Å²) < 4.78 is 5.77. The maximum atomic E-state index is 9.36. The minimum absolute atomic E-state index is 0.0153. The van der Waals surface area contributed by atoms with Crippen molar-refractivity contribution in [1.82, 2.24) is 0 Å². The van der Waals surface area contributed by atoms with Crippen LogP contribution in [-0.2, 0) is 13.2 Å². The maximum absolute atomic E-state index is 9.36. The van der Waals surface area contributed by atoms with Gasteiger partial charge in [-0.1, -0.05) is 48.5 Å². The molecule has 3 aromatic rings. The number of rotatable bonds is 6. The largest absolute Gasteiger partial charge is 0.489 e. The van der Waals surface area contributed by atoms with Crippen LogP contribution in [0.15, 0.2) is 78.9 Å². The van der Waals surface area contributed by atoms with E-state index < -0.39 is 0 Å². The van der Waals surface area contributed by atoms with E-state index in [2.05, 4.69) is 5.32 Å². The standard InChI is InChI=1S/C20H19NO2/c22-14-17-8-4-5-9-20(17)21-18-10-12-19(13-11-18)23-15-16-6-2-1-3-7-16/h1-13,21-22H,14-15H2. The molecule has 0 aliphatic rings. The molecule has 0 spiro atoms. The summed E-state index contributed by atoms with van der Waals surface area (Å²) in [6.07, 6.45) is 0. The van der Waals surface area contributed by atoms with E-state index in [4.69, 9.17) is 4.74 Å². The molecule has 3 nitrogen and oxygen atoms in total. The minimum Gasteiger partial charge on any atom is -0.489 e. The molecule has 23 heavy (non-hydrogen) atoms. The highest BCUT2D eigenvalue weighted by atomic mass is 16.5. The lowest BCUT2D eigenvalue weighted by molar-refractivity contribution is 0.282. The topological polar surface area (TPSA) is 41.5 Å². The van der Waals surface area contributed by atoms with Crippen LogP contribution in [0.2, 0.25) is 0 Å². The third kappa shape index (κ3) is 4.11. The highest BCUT2D eigenvalue weighted by Gasteiger charge is 2.01. The summed E-state index contributed by atoms with van der Waals surface area (Å²) in [5.74, 6) is 0.829. The Morgan fingerprint density at radius 1 is 0.783 bits per heavy atom. The van der Waals surface area contributed by atoms with E-state index in [9.17, 15) is 5.11 Å². The first kappa shape index (κ1) is 15.1. The highest BCUT2D eigenvalue weighted by molar-refractivity contribution is 5.63. The smallest absolute Gasteiger partial charge is 0.119 e. The molecular weight excluding hydrogens is 286 g/mol. The predicted octanol–water partition coefficient (Wildman–Crippen LogP) is 4.50. The number of aliphatic hydroxyl groups excluding tert-OH is 1. The molecule has 0 saturated heterocycles.